The minimum Gasteiger partial charge on any atom is -0.352 e. The topological polar surface area (TPSA) is 35.5 Å². The second-order valence-electron chi connectivity index (χ2n) is 6.19. The van der Waals surface area contributed by atoms with Gasteiger partial charge in [-0.3, -0.25) is 4.79 Å². The van der Waals surface area contributed by atoms with E-state index in [-0.39, 0.29) is 17.6 Å². The van der Waals surface area contributed by atoms with Crippen LogP contribution in [0.25, 0.3) is 0 Å². The Hall–Kier alpha value is -0.410. The highest BCUT2D eigenvalue weighted by molar-refractivity contribution is 5.82. The van der Waals surface area contributed by atoms with Crippen molar-refractivity contribution in [1.82, 2.24) is 0 Å². The Kier molecular flexibility index (Phi) is 5.80. The normalized spacial score (nSPS) is 25.8. The summed E-state index contributed by atoms with van der Waals surface area (Å²) in [6.07, 6.45) is 2.22. The number of hydrogen-bond donors (Lipinski definition) is 0. The molecule has 1 rings (SSSR count). The highest BCUT2D eigenvalue weighted by Gasteiger charge is 2.39. The summed E-state index contributed by atoms with van der Waals surface area (Å²) in [5.41, 5.74) is 0.252. The molecule has 0 radical (unpaired) electrons. The lowest BCUT2D eigenvalue weighted by molar-refractivity contribution is -0.182. The fourth-order valence-corrected chi connectivity index (χ4v) is 2.72. The van der Waals surface area contributed by atoms with Crippen molar-refractivity contribution in [3.05, 3.63) is 0 Å². The van der Waals surface area contributed by atoms with E-state index < -0.39 is 0 Å². The maximum absolute atomic E-state index is 12.1. The molecule has 3 nitrogen and oxygen atoms in total. The maximum Gasteiger partial charge on any atom is 0.167 e. The van der Waals surface area contributed by atoms with E-state index in [0.29, 0.717) is 31.3 Å². The average molecular weight is 256 g/mol. The number of rotatable bonds is 5. The van der Waals surface area contributed by atoms with Crippen LogP contribution < -0.4 is 0 Å². The van der Waals surface area contributed by atoms with Crippen LogP contribution in [-0.2, 0) is 14.3 Å². The summed E-state index contributed by atoms with van der Waals surface area (Å²) < 4.78 is 11.2. The van der Waals surface area contributed by atoms with Gasteiger partial charge >= 0.3 is 0 Å². The lowest BCUT2D eigenvalue weighted by Crippen LogP contribution is -2.40. The SMILES string of the molecule is CCOC(OCC)C1CC(C(C)(C)C)CCC1=O. The molecule has 1 aliphatic rings. The molecule has 1 aliphatic carbocycles. The predicted molar refractivity (Wildman–Crippen MR) is 72.3 cm³/mol. The molecule has 0 aliphatic heterocycles. The molecule has 0 spiro atoms. The Labute approximate surface area is 111 Å². The van der Waals surface area contributed by atoms with Crippen LogP contribution in [-0.4, -0.2) is 25.3 Å². The van der Waals surface area contributed by atoms with Gasteiger partial charge in [-0.1, -0.05) is 20.8 Å². The van der Waals surface area contributed by atoms with Crippen LogP contribution in [0, 0.1) is 17.3 Å². The molecule has 0 N–H and O–H groups in total. The van der Waals surface area contributed by atoms with E-state index >= 15 is 0 Å². The standard InChI is InChI=1S/C15H28O3/c1-6-17-14(18-7-2)12-10-11(15(3,4)5)8-9-13(12)16/h11-12,14H,6-10H2,1-5H3. The highest BCUT2D eigenvalue weighted by Crippen LogP contribution is 2.40. The zero-order valence-electron chi connectivity index (χ0n) is 12.5. The molecule has 0 heterocycles. The van der Waals surface area contributed by atoms with E-state index in [2.05, 4.69) is 20.8 Å². The Morgan fingerprint density at radius 2 is 1.78 bits per heavy atom. The van der Waals surface area contributed by atoms with Gasteiger partial charge in [-0.2, -0.15) is 0 Å². The van der Waals surface area contributed by atoms with Crippen molar-refractivity contribution < 1.29 is 14.3 Å². The van der Waals surface area contributed by atoms with E-state index in [1.807, 2.05) is 13.8 Å². The first-order valence-corrected chi connectivity index (χ1v) is 7.16. The quantitative estimate of drug-likeness (QED) is 0.707. The van der Waals surface area contributed by atoms with Crippen molar-refractivity contribution in [1.29, 1.82) is 0 Å². The highest BCUT2D eigenvalue weighted by atomic mass is 16.7. The fraction of sp³-hybridized carbons (Fsp3) is 0.933. The second-order valence-corrected chi connectivity index (χ2v) is 6.19. The van der Waals surface area contributed by atoms with Gasteiger partial charge in [0.1, 0.15) is 5.78 Å². The van der Waals surface area contributed by atoms with Crippen LogP contribution in [0.2, 0.25) is 0 Å². The zero-order valence-corrected chi connectivity index (χ0v) is 12.5. The maximum atomic E-state index is 12.1. The largest absolute Gasteiger partial charge is 0.352 e. The van der Waals surface area contributed by atoms with Gasteiger partial charge in [0.2, 0.25) is 0 Å². The van der Waals surface area contributed by atoms with Crippen LogP contribution in [0.3, 0.4) is 0 Å². The Balaban J connectivity index is 2.73. The minimum atomic E-state index is -0.349. The van der Waals surface area contributed by atoms with Gasteiger partial charge in [-0.15, -0.1) is 0 Å². The van der Waals surface area contributed by atoms with Gasteiger partial charge in [0.15, 0.2) is 6.29 Å². The van der Waals surface area contributed by atoms with E-state index in [0.717, 1.165) is 12.8 Å². The molecule has 0 bridgehead atoms. The Morgan fingerprint density at radius 3 is 2.22 bits per heavy atom. The first-order chi connectivity index (χ1) is 8.40. The summed E-state index contributed by atoms with van der Waals surface area (Å²) in [5.74, 6) is 0.800. The van der Waals surface area contributed by atoms with Gasteiger partial charge in [0.25, 0.3) is 0 Å². The van der Waals surface area contributed by atoms with Crippen molar-refractivity contribution in [3.8, 4) is 0 Å². The summed E-state index contributed by atoms with van der Waals surface area (Å²) in [5, 5.41) is 0. The Morgan fingerprint density at radius 1 is 1.22 bits per heavy atom. The lowest BCUT2D eigenvalue weighted by atomic mass is 9.68. The van der Waals surface area contributed by atoms with Gasteiger partial charge in [0, 0.05) is 19.6 Å². The van der Waals surface area contributed by atoms with E-state index in [1.54, 1.807) is 0 Å². The third kappa shape index (κ3) is 4.06. The number of ketones is 1. The monoisotopic (exact) mass is 256 g/mol. The number of carbonyl (C=O) groups is 1. The first-order valence-electron chi connectivity index (χ1n) is 7.16. The number of hydrogen-bond acceptors (Lipinski definition) is 3. The zero-order chi connectivity index (χ0) is 13.8. The molecule has 1 fully saturated rings. The van der Waals surface area contributed by atoms with Gasteiger partial charge < -0.3 is 9.47 Å². The number of Topliss-reactive ketones (excluding diaryl/α,β-unsaturated/α-hetero) is 1. The van der Waals surface area contributed by atoms with Gasteiger partial charge in [-0.25, -0.2) is 0 Å². The van der Waals surface area contributed by atoms with E-state index in [9.17, 15) is 4.79 Å². The van der Waals surface area contributed by atoms with Crippen molar-refractivity contribution in [3.63, 3.8) is 0 Å². The molecule has 0 aromatic heterocycles. The molecule has 1 saturated carbocycles. The molecule has 18 heavy (non-hydrogen) atoms. The molecule has 106 valence electrons. The third-order valence-corrected chi connectivity index (χ3v) is 3.91. The molecular weight excluding hydrogens is 228 g/mol. The molecule has 3 heteroatoms. The predicted octanol–water partition coefficient (Wildman–Crippen LogP) is 3.42. The van der Waals surface area contributed by atoms with Crippen LogP contribution in [0.5, 0.6) is 0 Å². The smallest absolute Gasteiger partial charge is 0.167 e. The summed E-state index contributed by atoms with van der Waals surface area (Å²) in [6, 6.07) is 0. The molecule has 0 amide bonds. The van der Waals surface area contributed by atoms with Crippen molar-refractivity contribution in [2.45, 2.75) is 60.2 Å². The fourth-order valence-electron chi connectivity index (χ4n) is 2.72. The number of carbonyl (C=O) groups excluding carboxylic acids is 1. The average Bonchev–Trinajstić information content (AvgIpc) is 2.28. The van der Waals surface area contributed by atoms with Crippen molar-refractivity contribution in [2.75, 3.05) is 13.2 Å². The summed E-state index contributed by atoms with van der Waals surface area (Å²) in [6.45, 7) is 11.8. The van der Waals surface area contributed by atoms with Crippen LogP contribution in [0.1, 0.15) is 53.9 Å². The second kappa shape index (κ2) is 6.67. The first kappa shape index (κ1) is 15.6. The summed E-state index contributed by atoms with van der Waals surface area (Å²) in [4.78, 5) is 12.1. The summed E-state index contributed by atoms with van der Waals surface area (Å²) in [7, 11) is 0. The van der Waals surface area contributed by atoms with Crippen LogP contribution in [0.15, 0.2) is 0 Å². The third-order valence-electron chi connectivity index (χ3n) is 3.91. The van der Waals surface area contributed by atoms with Crippen LogP contribution in [0.4, 0.5) is 0 Å². The molecule has 2 unspecified atom stereocenters. The minimum absolute atomic E-state index is 0.0807. The van der Waals surface area contributed by atoms with Crippen molar-refractivity contribution >= 4 is 5.78 Å². The van der Waals surface area contributed by atoms with E-state index in [4.69, 9.17) is 9.47 Å². The van der Waals surface area contributed by atoms with Gasteiger partial charge in [0.05, 0.1) is 5.92 Å². The van der Waals surface area contributed by atoms with Crippen molar-refractivity contribution in [2.24, 2.45) is 17.3 Å². The molecule has 0 aromatic rings. The molecule has 2 atom stereocenters. The Bertz CT molecular complexity index is 261. The van der Waals surface area contributed by atoms with E-state index in [1.165, 1.54) is 0 Å². The van der Waals surface area contributed by atoms with Crippen LogP contribution >= 0.6 is 0 Å². The lowest BCUT2D eigenvalue weighted by Gasteiger charge is -2.39. The molecule has 0 aromatic carbocycles. The molecule has 0 saturated heterocycles. The molecular formula is C15H28O3. The number of ether oxygens (including phenoxy) is 2. The summed E-state index contributed by atoms with van der Waals surface area (Å²) >= 11 is 0. The van der Waals surface area contributed by atoms with Gasteiger partial charge in [-0.05, 0) is 38.0 Å².